The highest BCUT2D eigenvalue weighted by atomic mass is 15.2. The van der Waals surface area contributed by atoms with Gasteiger partial charge in [0.25, 0.3) is 0 Å². The third-order valence-electron chi connectivity index (χ3n) is 4.01. The molecule has 1 N–H and O–H groups in total. The van der Waals surface area contributed by atoms with Crippen molar-refractivity contribution in [3.8, 4) is 6.07 Å². The first-order chi connectivity index (χ1) is 8.11. The zero-order chi connectivity index (χ0) is 12.3. The molecule has 2 rings (SSSR count). The number of rotatable bonds is 6. The molecule has 0 spiro atoms. The molecule has 1 atom stereocenters. The maximum atomic E-state index is 9.06. The van der Waals surface area contributed by atoms with Crippen LogP contribution in [0.2, 0.25) is 0 Å². The summed E-state index contributed by atoms with van der Waals surface area (Å²) < 4.78 is 0. The highest BCUT2D eigenvalue weighted by Gasteiger charge is 2.32. The average molecular weight is 235 g/mol. The normalized spacial score (nSPS) is 25.2. The van der Waals surface area contributed by atoms with Gasteiger partial charge in [-0.2, -0.15) is 5.26 Å². The van der Waals surface area contributed by atoms with Crippen LogP contribution >= 0.6 is 0 Å². The maximum absolute atomic E-state index is 9.06. The number of nitrogens with one attached hydrogen (secondary N) is 1. The van der Waals surface area contributed by atoms with Gasteiger partial charge < -0.3 is 5.32 Å². The molecule has 2 fully saturated rings. The highest BCUT2D eigenvalue weighted by molar-refractivity contribution is 4.94. The first-order valence-corrected chi connectivity index (χ1v) is 6.99. The number of hydrogen-bond acceptors (Lipinski definition) is 3. The smallest absolute Gasteiger partial charge is 0.0684 e. The van der Waals surface area contributed by atoms with Gasteiger partial charge in [-0.05, 0) is 59.0 Å². The monoisotopic (exact) mass is 235 g/mol. The molecule has 96 valence electrons. The molecule has 1 saturated heterocycles. The minimum atomic E-state index is -0.170. The Morgan fingerprint density at radius 3 is 2.65 bits per heavy atom. The van der Waals surface area contributed by atoms with Crippen LogP contribution in [0.3, 0.4) is 0 Å². The quantitative estimate of drug-likeness (QED) is 0.766. The van der Waals surface area contributed by atoms with Gasteiger partial charge in [-0.3, -0.25) is 4.90 Å². The first kappa shape index (κ1) is 12.9. The topological polar surface area (TPSA) is 39.1 Å². The van der Waals surface area contributed by atoms with E-state index >= 15 is 0 Å². The van der Waals surface area contributed by atoms with Crippen molar-refractivity contribution < 1.29 is 0 Å². The SMILES string of the molecule is CC(C)(C#N)CCN(CC1CCCN1)C1CC1. The van der Waals surface area contributed by atoms with Crippen LogP contribution in [0.1, 0.15) is 46.0 Å². The predicted molar refractivity (Wildman–Crippen MR) is 69.6 cm³/mol. The molecule has 0 aromatic rings. The highest BCUT2D eigenvalue weighted by Crippen LogP contribution is 2.29. The Morgan fingerprint density at radius 2 is 2.12 bits per heavy atom. The zero-order valence-corrected chi connectivity index (χ0v) is 11.2. The van der Waals surface area contributed by atoms with Crippen molar-refractivity contribution in [2.24, 2.45) is 5.41 Å². The van der Waals surface area contributed by atoms with Gasteiger partial charge >= 0.3 is 0 Å². The molecule has 1 heterocycles. The summed E-state index contributed by atoms with van der Waals surface area (Å²) in [5, 5.41) is 12.6. The second-order valence-electron chi connectivity index (χ2n) is 6.27. The van der Waals surface area contributed by atoms with Crippen LogP contribution in [0.15, 0.2) is 0 Å². The van der Waals surface area contributed by atoms with Gasteiger partial charge in [-0.25, -0.2) is 0 Å². The standard InChI is InChI=1S/C14H25N3/c1-14(2,11-15)7-9-17(13-5-6-13)10-12-4-3-8-16-12/h12-13,16H,3-10H2,1-2H3. The molecule has 1 aliphatic heterocycles. The van der Waals surface area contributed by atoms with Crippen molar-refractivity contribution in [2.45, 2.75) is 58.0 Å². The number of nitriles is 1. The van der Waals surface area contributed by atoms with Crippen molar-refractivity contribution in [2.75, 3.05) is 19.6 Å². The van der Waals surface area contributed by atoms with E-state index in [4.69, 9.17) is 5.26 Å². The van der Waals surface area contributed by atoms with Crippen molar-refractivity contribution >= 4 is 0 Å². The molecule has 0 radical (unpaired) electrons. The lowest BCUT2D eigenvalue weighted by atomic mass is 9.91. The van der Waals surface area contributed by atoms with E-state index in [9.17, 15) is 0 Å². The summed E-state index contributed by atoms with van der Waals surface area (Å²) in [5.74, 6) is 0. The molecule has 1 saturated carbocycles. The average Bonchev–Trinajstić information content (AvgIpc) is 3.03. The van der Waals surface area contributed by atoms with Gasteiger partial charge in [0.1, 0.15) is 0 Å². The third kappa shape index (κ3) is 3.97. The second-order valence-corrected chi connectivity index (χ2v) is 6.27. The summed E-state index contributed by atoms with van der Waals surface area (Å²) in [6.45, 7) is 7.56. The van der Waals surface area contributed by atoms with Gasteiger partial charge in [0.15, 0.2) is 0 Å². The second kappa shape index (κ2) is 5.37. The van der Waals surface area contributed by atoms with Crippen LogP contribution in [0.5, 0.6) is 0 Å². The molecule has 3 heteroatoms. The summed E-state index contributed by atoms with van der Waals surface area (Å²) in [5.41, 5.74) is -0.170. The summed E-state index contributed by atoms with van der Waals surface area (Å²) in [6.07, 6.45) is 6.36. The van der Waals surface area contributed by atoms with Crippen molar-refractivity contribution in [3.63, 3.8) is 0 Å². The Kier molecular flexibility index (Phi) is 4.06. The van der Waals surface area contributed by atoms with E-state index in [0.717, 1.165) is 19.0 Å². The predicted octanol–water partition coefficient (Wildman–Crippen LogP) is 2.14. The van der Waals surface area contributed by atoms with E-state index in [2.05, 4.69) is 16.3 Å². The fourth-order valence-corrected chi connectivity index (χ4v) is 2.54. The Labute approximate surface area is 105 Å². The fourth-order valence-electron chi connectivity index (χ4n) is 2.54. The summed E-state index contributed by atoms with van der Waals surface area (Å²) in [7, 11) is 0. The van der Waals surface area contributed by atoms with E-state index < -0.39 is 0 Å². The van der Waals surface area contributed by atoms with Gasteiger partial charge in [0.2, 0.25) is 0 Å². The molecular formula is C14H25N3. The molecule has 0 amide bonds. The summed E-state index contributed by atoms with van der Waals surface area (Å²) >= 11 is 0. The first-order valence-electron chi connectivity index (χ1n) is 6.99. The van der Waals surface area contributed by atoms with Gasteiger partial charge in [0, 0.05) is 18.6 Å². The van der Waals surface area contributed by atoms with Crippen molar-refractivity contribution in [3.05, 3.63) is 0 Å². The molecule has 0 bridgehead atoms. The molecular weight excluding hydrogens is 210 g/mol. The van der Waals surface area contributed by atoms with E-state index in [1.54, 1.807) is 0 Å². The Bertz CT molecular complexity index is 282. The lowest BCUT2D eigenvalue weighted by Gasteiger charge is -2.28. The molecule has 1 unspecified atom stereocenters. The molecule has 1 aliphatic carbocycles. The molecule has 17 heavy (non-hydrogen) atoms. The minimum absolute atomic E-state index is 0.170. The number of nitrogens with zero attached hydrogens (tertiary/aromatic N) is 2. The van der Waals surface area contributed by atoms with Crippen LogP contribution in [0, 0.1) is 16.7 Å². The van der Waals surface area contributed by atoms with Crippen LogP contribution in [-0.2, 0) is 0 Å². The van der Waals surface area contributed by atoms with Crippen LogP contribution < -0.4 is 5.32 Å². The Balaban J connectivity index is 1.79. The molecule has 0 aromatic heterocycles. The van der Waals surface area contributed by atoms with Crippen molar-refractivity contribution in [1.82, 2.24) is 10.2 Å². The fraction of sp³-hybridized carbons (Fsp3) is 0.929. The lowest BCUT2D eigenvalue weighted by molar-refractivity contribution is 0.214. The molecule has 3 nitrogen and oxygen atoms in total. The lowest BCUT2D eigenvalue weighted by Crippen LogP contribution is -2.40. The minimum Gasteiger partial charge on any atom is -0.313 e. The van der Waals surface area contributed by atoms with Crippen molar-refractivity contribution in [1.29, 1.82) is 5.26 Å². The largest absolute Gasteiger partial charge is 0.313 e. The van der Waals surface area contributed by atoms with Crippen LogP contribution in [0.25, 0.3) is 0 Å². The molecule has 0 aromatic carbocycles. The van der Waals surface area contributed by atoms with E-state index in [1.807, 2.05) is 13.8 Å². The van der Waals surface area contributed by atoms with E-state index in [1.165, 1.54) is 38.8 Å². The Morgan fingerprint density at radius 1 is 1.35 bits per heavy atom. The maximum Gasteiger partial charge on any atom is 0.0684 e. The summed E-state index contributed by atoms with van der Waals surface area (Å²) in [6, 6.07) is 3.91. The van der Waals surface area contributed by atoms with Gasteiger partial charge in [0.05, 0.1) is 11.5 Å². The summed E-state index contributed by atoms with van der Waals surface area (Å²) in [4.78, 5) is 2.61. The zero-order valence-electron chi connectivity index (χ0n) is 11.2. The van der Waals surface area contributed by atoms with Gasteiger partial charge in [-0.1, -0.05) is 0 Å². The Hall–Kier alpha value is -0.590. The van der Waals surface area contributed by atoms with Crippen LogP contribution in [0.4, 0.5) is 0 Å². The van der Waals surface area contributed by atoms with Gasteiger partial charge in [-0.15, -0.1) is 0 Å². The van der Waals surface area contributed by atoms with Crippen LogP contribution in [-0.4, -0.2) is 36.6 Å². The third-order valence-corrected chi connectivity index (χ3v) is 4.01. The number of hydrogen-bond donors (Lipinski definition) is 1. The van der Waals surface area contributed by atoms with E-state index in [-0.39, 0.29) is 5.41 Å². The van der Waals surface area contributed by atoms with E-state index in [0.29, 0.717) is 6.04 Å². The molecule has 2 aliphatic rings.